The molecule has 0 radical (unpaired) electrons. The minimum Gasteiger partial charge on any atom is -0.321 e. The molecule has 1 aromatic heterocycles. The van der Waals surface area contributed by atoms with E-state index in [4.69, 9.17) is 5.73 Å². The third-order valence-electron chi connectivity index (χ3n) is 3.51. The van der Waals surface area contributed by atoms with Crippen LogP contribution in [0.3, 0.4) is 0 Å². The Morgan fingerprint density at radius 2 is 1.94 bits per heavy atom. The fourth-order valence-electron chi connectivity index (χ4n) is 2.24. The lowest BCUT2D eigenvalue weighted by Gasteiger charge is -2.28. The zero-order valence-electron chi connectivity index (χ0n) is 11.1. The fraction of sp³-hybridized carbons (Fsp3) is 0.400. The van der Waals surface area contributed by atoms with Crippen LogP contribution in [-0.2, 0) is 18.5 Å². The number of nitrogens with two attached hydrogens (primary N) is 1. The predicted octanol–water partition coefficient (Wildman–Crippen LogP) is 2.71. The van der Waals surface area contributed by atoms with Crippen LogP contribution in [0.5, 0.6) is 0 Å². The molecule has 0 fully saturated rings. The van der Waals surface area contributed by atoms with E-state index in [-0.39, 0.29) is 5.54 Å². The summed E-state index contributed by atoms with van der Waals surface area (Å²) >= 11 is 0. The monoisotopic (exact) mass is 243 g/mol. The number of hydrogen-bond acceptors (Lipinski definition) is 2. The Morgan fingerprint density at radius 1 is 1.22 bits per heavy atom. The summed E-state index contributed by atoms with van der Waals surface area (Å²) in [6, 6.07) is 10.3. The molecule has 2 rings (SSSR count). The zero-order chi connectivity index (χ0) is 13.0. The van der Waals surface area contributed by atoms with Crippen molar-refractivity contribution in [1.29, 1.82) is 0 Å². The van der Waals surface area contributed by atoms with Gasteiger partial charge in [0.15, 0.2) is 0 Å². The SMILES string of the molecule is CCn1cc(CC(N)(CC)c2ccccc2)cn1. The van der Waals surface area contributed by atoms with Crippen molar-refractivity contribution >= 4 is 0 Å². The van der Waals surface area contributed by atoms with Crippen LogP contribution >= 0.6 is 0 Å². The molecule has 0 saturated carbocycles. The van der Waals surface area contributed by atoms with Crippen LogP contribution in [0.1, 0.15) is 31.4 Å². The lowest BCUT2D eigenvalue weighted by Crippen LogP contribution is -2.38. The normalized spacial score (nSPS) is 14.4. The second-order valence-electron chi connectivity index (χ2n) is 4.76. The van der Waals surface area contributed by atoms with Crippen LogP contribution in [0.4, 0.5) is 0 Å². The van der Waals surface area contributed by atoms with Crippen molar-refractivity contribution in [1.82, 2.24) is 9.78 Å². The second kappa shape index (κ2) is 5.36. The van der Waals surface area contributed by atoms with Gasteiger partial charge in [0.2, 0.25) is 0 Å². The molecule has 1 unspecified atom stereocenters. The highest BCUT2D eigenvalue weighted by Crippen LogP contribution is 2.26. The van der Waals surface area contributed by atoms with E-state index < -0.39 is 0 Å². The largest absolute Gasteiger partial charge is 0.321 e. The molecule has 0 bridgehead atoms. The molecule has 0 spiro atoms. The van der Waals surface area contributed by atoms with Crippen LogP contribution in [0.15, 0.2) is 42.7 Å². The number of aryl methyl sites for hydroxylation is 1. The average molecular weight is 243 g/mol. The molecule has 3 nitrogen and oxygen atoms in total. The number of benzene rings is 1. The van der Waals surface area contributed by atoms with E-state index in [0.717, 1.165) is 19.4 Å². The van der Waals surface area contributed by atoms with Gasteiger partial charge in [0, 0.05) is 18.3 Å². The molecule has 1 atom stereocenters. The van der Waals surface area contributed by atoms with Gasteiger partial charge in [-0.2, -0.15) is 5.10 Å². The standard InChI is InChI=1S/C15H21N3/c1-3-15(16,14-8-6-5-7-9-14)10-13-11-17-18(4-2)12-13/h5-9,11-12H,3-4,10,16H2,1-2H3. The van der Waals surface area contributed by atoms with E-state index in [9.17, 15) is 0 Å². The van der Waals surface area contributed by atoms with E-state index in [0.29, 0.717) is 0 Å². The molecule has 3 heteroatoms. The number of rotatable bonds is 5. The third kappa shape index (κ3) is 2.62. The van der Waals surface area contributed by atoms with Gasteiger partial charge in [0.25, 0.3) is 0 Å². The summed E-state index contributed by atoms with van der Waals surface area (Å²) in [7, 11) is 0. The Morgan fingerprint density at radius 3 is 2.50 bits per heavy atom. The quantitative estimate of drug-likeness (QED) is 0.877. The van der Waals surface area contributed by atoms with Crippen molar-refractivity contribution in [2.75, 3.05) is 0 Å². The van der Waals surface area contributed by atoms with Gasteiger partial charge in [0.1, 0.15) is 0 Å². The van der Waals surface area contributed by atoms with Crippen molar-refractivity contribution in [2.45, 2.75) is 38.8 Å². The Hall–Kier alpha value is -1.61. The molecule has 0 aliphatic carbocycles. The predicted molar refractivity (Wildman–Crippen MR) is 74.2 cm³/mol. The highest BCUT2D eigenvalue weighted by atomic mass is 15.3. The van der Waals surface area contributed by atoms with E-state index in [1.807, 2.05) is 29.1 Å². The summed E-state index contributed by atoms with van der Waals surface area (Å²) in [5.74, 6) is 0. The minimum absolute atomic E-state index is 0.303. The zero-order valence-corrected chi connectivity index (χ0v) is 11.1. The fourth-order valence-corrected chi connectivity index (χ4v) is 2.24. The van der Waals surface area contributed by atoms with Crippen molar-refractivity contribution in [3.8, 4) is 0 Å². The van der Waals surface area contributed by atoms with Crippen LogP contribution in [0, 0.1) is 0 Å². The molecule has 1 heterocycles. The van der Waals surface area contributed by atoms with Gasteiger partial charge in [-0.3, -0.25) is 4.68 Å². The van der Waals surface area contributed by atoms with Crippen molar-refractivity contribution in [3.63, 3.8) is 0 Å². The molecular weight excluding hydrogens is 222 g/mol. The van der Waals surface area contributed by atoms with Gasteiger partial charge in [-0.05, 0) is 30.9 Å². The molecule has 0 saturated heterocycles. The smallest absolute Gasteiger partial charge is 0.0522 e. The maximum absolute atomic E-state index is 6.56. The molecule has 0 amide bonds. The molecule has 96 valence electrons. The van der Waals surface area contributed by atoms with Crippen LogP contribution in [0.25, 0.3) is 0 Å². The first-order valence-corrected chi connectivity index (χ1v) is 6.53. The highest BCUT2D eigenvalue weighted by molar-refractivity contribution is 5.26. The van der Waals surface area contributed by atoms with Crippen LogP contribution in [-0.4, -0.2) is 9.78 Å². The maximum Gasteiger partial charge on any atom is 0.0522 e. The van der Waals surface area contributed by atoms with Gasteiger partial charge in [0.05, 0.1) is 6.20 Å². The van der Waals surface area contributed by atoms with Crippen molar-refractivity contribution in [2.24, 2.45) is 5.73 Å². The number of aromatic nitrogens is 2. The van der Waals surface area contributed by atoms with Gasteiger partial charge in [-0.15, -0.1) is 0 Å². The first-order chi connectivity index (χ1) is 8.68. The topological polar surface area (TPSA) is 43.8 Å². The van der Waals surface area contributed by atoms with Gasteiger partial charge < -0.3 is 5.73 Å². The Kier molecular flexibility index (Phi) is 3.82. The van der Waals surface area contributed by atoms with E-state index >= 15 is 0 Å². The van der Waals surface area contributed by atoms with Crippen LogP contribution in [0.2, 0.25) is 0 Å². The summed E-state index contributed by atoms with van der Waals surface area (Å²) in [4.78, 5) is 0. The first kappa shape index (κ1) is 12.8. The molecule has 2 N–H and O–H groups in total. The molecular formula is C15H21N3. The van der Waals surface area contributed by atoms with Gasteiger partial charge >= 0.3 is 0 Å². The number of nitrogens with zero attached hydrogens (tertiary/aromatic N) is 2. The molecule has 2 aromatic rings. The summed E-state index contributed by atoms with van der Waals surface area (Å²) in [6.07, 6.45) is 5.74. The molecule has 0 aliphatic heterocycles. The highest BCUT2D eigenvalue weighted by Gasteiger charge is 2.25. The van der Waals surface area contributed by atoms with E-state index in [1.54, 1.807) is 0 Å². The van der Waals surface area contributed by atoms with Crippen LogP contribution < -0.4 is 5.73 Å². The summed E-state index contributed by atoms with van der Waals surface area (Å²) in [5, 5.41) is 4.31. The summed E-state index contributed by atoms with van der Waals surface area (Å²) < 4.78 is 1.94. The maximum atomic E-state index is 6.56. The lowest BCUT2D eigenvalue weighted by atomic mass is 9.83. The first-order valence-electron chi connectivity index (χ1n) is 6.53. The van der Waals surface area contributed by atoms with E-state index in [2.05, 4.69) is 37.3 Å². The Bertz CT molecular complexity index is 489. The third-order valence-corrected chi connectivity index (χ3v) is 3.51. The van der Waals surface area contributed by atoms with Crippen molar-refractivity contribution < 1.29 is 0 Å². The van der Waals surface area contributed by atoms with E-state index in [1.165, 1.54) is 11.1 Å². The van der Waals surface area contributed by atoms with Crippen molar-refractivity contribution in [3.05, 3.63) is 53.9 Å². The average Bonchev–Trinajstić information content (AvgIpc) is 2.87. The van der Waals surface area contributed by atoms with Gasteiger partial charge in [-0.25, -0.2) is 0 Å². The molecule has 0 aliphatic rings. The minimum atomic E-state index is -0.303. The summed E-state index contributed by atoms with van der Waals surface area (Å²) in [6.45, 7) is 5.12. The number of hydrogen-bond donors (Lipinski definition) is 1. The summed E-state index contributed by atoms with van der Waals surface area (Å²) in [5.41, 5.74) is 8.65. The Labute approximate surface area is 109 Å². The second-order valence-corrected chi connectivity index (χ2v) is 4.76. The van der Waals surface area contributed by atoms with Gasteiger partial charge in [-0.1, -0.05) is 37.3 Å². The molecule has 18 heavy (non-hydrogen) atoms. The molecule has 1 aromatic carbocycles. The Balaban J connectivity index is 2.23. The lowest BCUT2D eigenvalue weighted by molar-refractivity contribution is 0.425.